The standard InChI is InChI=1S/C17H23F3N2O2/c1-22(11-13-5-3-7-15(13)23)16(24)21-14-6-2-4-12(10-14)8-9-17(18,19)20/h2,4,6,10,13,15,23H,3,5,7-9,11H2,1H3,(H,21,24). The Morgan fingerprint density at radius 2 is 2.12 bits per heavy atom. The molecule has 134 valence electrons. The average Bonchev–Trinajstić information content (AvgIpc) is 2.90. The fraction of sp³-hybridized carbons (Fsp3) is 0.588. The molecule has 2 amide bonds. The number of carbonyl (C=O) groups is 1. The first-order chi connectivity index (χ1) is 11.2. The van der Waals surface area contributed by atoms with Gasteiger partial charge in [-0.15, -0.1) is 0 Å². The molecule has 0 saturated heterocycles. The van der Waals surface area contributed by atoms with Gasteiger partial charge >= 0.3 is 12.2 Å². The first-order valence-electron chi connectivity index (χ1n) is 8.10. The van der Waals surface area contributed by atoms with Crippen molar-refractivity contribution in [3.63, 3.8) is 0 Å². The van der Waals surface area contributed by atoms with Crippen molar-refractivity contribution in [2.45, 2.75) is 44.4 Å². The highest BCUT2D eigenvalue weighted by Gasteiger charge is 2.28. The molecule has 1 aromatic carbocycles. The Bertz CT molecular complexity index is 563. The Hall–Kier alpha value is -1.76. The van der Waals surface area contributed by atoms with E-state index >= 15 is 0 Å². The van der Waals surface area contributed by atoms with Gasteiger partial charge in [0.05, 0.1) is 6.10 Å². The lowest BCUT2D eigenvalue weighted by molar-refractivity contribution is -0.133. The topological polar surface area (TPSA) is 52.6 Å². The number of rotatable bonds is 5. The summed E-state index contributed by atoms with van der Waals surface area (Å²) >= 11 is 0. The molecule has 0 aliphatic heterocycles. The van der Waals surface area contributed by atoms with Crippen molar-refractivity contribution in [1.29, 1.82) is 0 Å². The van der Waals surface area contributed by atoms with Gasteiger partial charge < -0.3 is 15.3 Å². The van der Waals surface area contributed by atoms with Crippen LogP contribution in [0, 0.1) is 5.92 Å². The van der Waals surface area contributed by atoms with Gasteiger partial charge in [-0.05, 0) is 37.0 Å². The fourth-order valence-corrected chi connectivity index (χ4v) is 2.97. The van der Waals surface area contributed by atoms with Crippen molar-refractivity contribution in [2.24, 2.45) is 5.92 Å². The van der Waals surface area contributed by atoms with Gasteiger partial charge in [0.15, 0.2) is 0 Å². The zero-order chi connectivity index (χ0) is 17.7. The third kappa shape index (κ3) is 5.70. The monoisotopic (exact) mass is 344 g/mol. The molecule has 0 heterocycles. The van der Waals surface area contributed by atoms with Crippen LogP contribution in [0.15, 0.2) is 24.3 Å². The maximum Gasteiger partial charge on any atom is 0.389 e. The highest BCUT2D eigenvalue weighted by molar-refractivity contribution is 5.89. The summed E-state index contributed by atoms with van der Waals surface area (Å²) < 4.78 is 36.9. The summed E-state index contributed by atoms with van der Waals surface area (Å²) in [5, 5.41) is 12.5. The molecule has 0 aromatic heterocycles. The van der Waals surface area contributed by atoms with Gasteiger partial charge in [0, 0.05) is 31.6 Å². The van der Waals surface area contributed by atoms with Gasteiger partial charge in [-0.1, -0.05) is 18.6 Å². The minimum Gasteiger partial charge on any atom is -0.393 e. The second-order valence-corrected chi connectivity index (χ2v) is 6.38. The Morgan fingerprint density at radius 1 is 1.38 bits per heavy atom. The van der Waals surface area contributed by atoms with Crippen LogP contribution >= 0.6 is 0 Å². The summed E-state index contributed by atoms with van der Waals surface area (Å²) in [7, 11) is 1.65. The molecule has 2 rings (SSSR count). The van der Waals surface area contributed by atoms with Crippen molar-refractivity contribution in [1.82, 2.24) is 4.90 Å². The van der Waals surface area contributed by atoms with E-state index in [0.29, 0.717) is 17.8 Å². The van der Waals surface area contributed by atoms with E-state index in [1.54, 1.807) is 31.3 Å². The van der Waals surface area contributed by atoms with Crippen molar-refractivity contribution in [3.05, 3.63) is 29.8 Å². The second kappa shape index (κ2) is 7.88. The minimum absolute atomic E-state index is 0.0823. The van der Waals surface area contributed by atoms with Crippen molar-refractivity contribution >= 4 is 11.7 Å². The molecule has 1 saturated carbocycles. The van der Waals surface area contributed by atoms with E-state index in [-0.39, 0.29) is 24.5 Å². The van der Waals surface area contributed by atoms with Crippen LogP contribution in [0.4, 0.5) is 23.7 Å². The lowest BCUT2D eigenvalue weighted by Crippen LogP contribution is -2.37. The van der Waals surface area contributed by atoms with Crippen LogP contribution in [0.5, 0.6) is 0 Å². The van der Waals surface area contributed by atoms with E-state index in [9.17, 15) is 23.1 Å². The third-order valence-corrected chi connectivity index (χ3v) is 4.35. The number of benzene rings is 1. The molecule has 2 N–H and O–H groups in total. The number of hydrogen-bond acceptors (Lipinski definition) is 2. The van der Waals surface area contributed by atoms with E-state index in [4.69, 9.17) is 0 Å². The summed E-state index contributed by atoms with van der Waals surface area (Å²) in [4.78, 5) is 13.7. The Morgan fingerprint density at radius 3 is 2.75 bits per heavy atom. The number of aliphatic hydroxyl groups excluding tert-OH is 1. The van der Waals surface area contributed by atoms with Crippen molar-refractivity contribution < 1.29 is 23.1 Å². The highest BCUT2D eigenvalue weighted by Crippen LogP contribution is 2.26. The number of amides is 2. The molecular formula is C17H23F3N2O2. The Balaban J connectivity index is 1.88. The number of aliphatic hydroxyl groups is 1. The molecule has 2 unspecified atom stereocenters. The molecule has 0 radical (unpaired) electrons. The first-order valence-corrected chi connectivity index (χ1v) is 8.10. The zero-order valence-electron chi connectivity index (χ0n) is 13.6. The van der Waals surface area contributed by atoms with E-state index < -0.39 is 12.6 Å². The molecule has 1 fully saturated rings. The van der Waals surface area contributed by atoms with E-state index in [0.717, 1.165) is 19.3 Å². The third-order valence-electron chi connectivity index (χ3n) is 4.35. The number of aryl methyl sites for hydroxylation is 1. The number of alkyl halides is 3. The quantitative estimate of drug-likeness (QED) is 0.853. The van der Waals surface area contributed by atoms with Crippen LogP contribution in [0.25, 0.3) is 0 Å². The predicted octanol–water partition coefficient (Wildman–Crippen LogP) is 3.81. The van der Waals surface area contributed by atoms with Crippen LogP contribution in [0.1, 0.15) is 31.2 Å². The number of halogens is 3. The number of carbonyl (C=O) groups excluding carboxylic acids is 1. The zero-order valence-corrected chi connectivity index (χ0v) is 13.6. The maximum atomic E-state index is 12.3. The van der Waals surface area contributed by atoms with Crippen LogP contribution in [-0.4, -0.2) is 41.9 Å². The molecule has 1 aliphatic rings. The smallest absolute Gasteiger partial charge is 0.389 e. The summed E-state index contributed by atoms with van der Waals surface area (Å²) in [5.74, 6) is 0.0823. The molecule has 1 aromatic rings. The lowest BCUT2D eigenvalue weighted by atomic mass is 10.1. The Labute approximate surface area is 139 Å². The minimum atomic E-state index is -4.19. The van der Waals surface area contributed by atoms with Crippen molar-refractivity contribution in [2.75, 3.05) is 18.9 Å². The molecule has 24 heavy (non-hydrogen) atoms. The van der Waals surface area contributed by atoms with E-state index in [1.807, 2.05) is 0 Å². The van der Waals surface area contributed by atoms with Crippen LogP contribution in [-0.2, 0) is 6.42 Å². The molecular weight excluding hydrogens is 321 g/mol. The number of anilines is 1. The normalized spacial score (nSPS) is 20.9. The molecule has 1 aliphatic carbocycles. The van der Waals surface area contributed by atoms with Gasteiger partial charge in [0.25, 0.3) is 0 Å². The summed E-state index contributed by atoms with van der Waals surface area (Å²) in [6.07, 6.45) is -2.94. The number of nitrogens with one attached hydrogen (secondary N) is 1. The predicted molar refractivity (Wildman–Crippen MR) is 85.8 cm³/mol. The maximum absolute atomic E-state index is 12.3. The van der Waals surface area contributed by atoms with Gasteiger partial charge in [0.1, 0.15) is 0 Å². The molecule has 7 heteroatoms. The van der Waals surface area contributed by atoms with Gasteiger partial charge in [0.2, 0.25) is 0 Å². The average molecular weight is 344 g/mol. The first kappa shape index (κ1) is 18.6. The second-order valence-electron chi connectivity index (χ2n) is 6.38. The van der Waals surface area contributed by atoms with Crippen molar-refractivity contribution in [3.8, 4) is 0 Å². The summed E-state index contributed by atoms with van der Waals surface area (Å²) in [6.45, 7) is 0.459. The lowest BCUT2D eigenvalue weighted by Gasteiger charge is -2.23. The fourth-order valence-electron chi connectivity index (χ4n) is 2.97. The molecule has 4 nitrogen and oxygen atoms in total. The van der Waals surface area contributed by atoms with Crippen LogP contribution < -0.4 is 5.32 Å². The molecule has 0 bridgehead atoms. The number of nitrogens with zero attached hydrogens (tertiary/aromatic N) is 1. The van der Waals surface area contributed by atoms with E-state index in [2.05, 4.69) is 5.32 Å². The van der Waals surface area contributed by atoms with Gasteiger partial charge in [-0.2, -0.15) is 13.2 Å². The molecule has 2 atom stereocenters. The highest BCUT2D eigenvalue weighted by atomic mass is 19.4. The van der Waals surface area contributed by atoms with Crippen LogP contribution in [0.2, 0.25) is 0 Å². The van der Waals surface area contributed by atoms with Gasteiger partial charge in [-0.25, -0.2) is 4.79 Å². The Kier molecular flexibility index (Phi) is 6.10. The number of hydrogen-bond donors (Lipinski definition) is 2. The largest absolute Gasteiger partial charge is 0.393 e. The number of urea groups is 1. The molecule has 0 spiro atoms. The summed E-state index contributed by atoms with van der Waals surface area (Å²) in [6, 6.07) is 6.11. The van der Waals surface area contributed by atoms with Crippen LogP contribution in [0.3, 0.4) is 0 Å². The van der Waals surface area contributed by atoms with E-state index in [1.165, 1.54) is 4.90 Å². The summed E-state index contributed by atoms with van der Waals surface area (Å²) in [5.41, 5.74) is 0.998. The SMILES string of the molecule is CN(CC1CCCC1O)C(=O)Nc1cccc(CCC(F)(F)F)c1. The van der Waals surface area contributed by atoms with Gasteiger partial charge in [-0.3, -0.25) is 0 Å².